The molecule has 8 aromatic carbocycles. The van der Waals surface area contributed by atoms with Gasteiger partial charge in [-0.05, 0) is 78.4 Å². The second kappa shape index (κ2) is 11.8. The van der Waals surface area contributed by atoms with E-state index >= 15 is 0 Å². The highest BCUT2D eigenvalue weighted by Gasteiger charge is 2.21. The predicted molar refractivity (Wildman–Crippen MR) is 224 cm³/mol. The summed E-state index contributed by atoms with van der Waals surface area (Å²) >= 11 is 0. The molecule has 0 bridgehead atoms. The Labute approximate surface area is 316 Å². The van der Waals surface area contributed by atoms with E-state index in [0.29, 0.717) is 11.1 Å². The van der Waals surface area contributed by atoms with Gasteiger partial charge in [0.1, 0.15) is 6.07 Å². The molecule has 0 unspecified atom stereocenters. The summed E-state index contributed by atoms with van der Waals surface area (Å²) < 4.78 is 6.89. The minimum atomic E-state index is 0.635. The average Bonchev–Trinajstić information content (AvgIpc) is 3.89. The molecule has 55 heavy (non-hydrogen) atoms. The summed E-state index contributed by atoms with van der Waals surface area (Å²) in [4.78, 5) is 0. The Hall–Kier alpha value is -7.86. The molecule has 254 valence electrons. The van der Waals surface area contributed by atoms with E-state index in [9.17, 15) is 10.5 Å². The van der Waals surface area contributed by atoms with Gasteiger partial charge < -0.3 is 13.7 Å². The third-order valence-electron chi connectivity index (χ3n) is 11.1. The van der Waals surface area contributed by atoms with Gasteiger partial charge in [0.15, 0.2) is 0 Å². The summed E-state index contributed by atoms with van der Waals surface area (Å²) in [5.74, 6) is 0. The standard InChI is InChI=1S/C50H29N5/c51-30-32-23-28-47-40(29-32)38-13-3-7-18-44(38)55(47)49-22-10-21-48-50(49)39-14-4-8-19-45(39)53(48)34-26-24-33(25-27-34)35-15-9-20-46(41(35)31-52)54-42-16-5-1-11-36(42)37-12-2-6-17-43(37)54/h1-29H. The zero-order chi connectivity index (χ0) is 36.6. The molecule has 3 aromatic heterocycles. The molecule has 11 rings (SSSR count). The molecule has 0 saturated carbocycles. The first kappa shape index (κ1) is 30.7. The summed E-state index contributed by atoms with van der Waals surface area (Å²) in [5.41, 5.74) is 12.6. The van der Waals surface area contributed by atoms with Crippen molar-refractivity contribution in [3.8, 4) is 40.3 Å². The van der Waals surface area contributed by atoms with E-state index in [2.05, 4.69) is 171 Å². The molecule has 0 aliphatic carbocycles. The zero-order valence-corrected chi connectivity index (χ0v) is 29.5. The first-order chi connectivity index (χ1) is 27.2. The molecule has 3 heterocycles. The van der Waals surface area contributed by atoms with Crippen molar-refractivity contribution in [1.82, 2.24) is 13.7 Å². The second-order valence-corrected chi connectivity index (χ2v) is 13.9. The maximum atomic E-state index is 10.7. The lowest BCUT2D eigenvalue weighted by atomic mass is 9.98. The van der Waals surface area contributed by atoms with Crippen LogP contribution in [0.2, 0.25) is 0 Å². The molecule has 0 atom stereocenters. The minimum absolute atomic E-state index is 0.635. The van der Waals surface area contributed by atoms with Gasteiger partial charge in [0.2, 0.25) is 0 Å². The van der Waals surface area contributed by atoms with Crippen LogP contribution in [0.15, 0.2) is 176 Å². The van der Waals surface area contributed by atoms with Gasteiger partial charge in [-0.1, -0.05) is 103 Å². The van der Waals surface area contributed by atoms with Crippen LogP contribution in [0.1, 0.15) is 11.1 Å². The van der Waals surface area contributed by atoms with E-state index in [0.717, 1.165) is 93.6 Å². The van der Waals surface area contributed by atoms with E-state index in [1.165, 1.54) is 0 Å². The number of nitriles is 2. The molecule has 5 nitrogen and oxygen atoms in total. The quantitative estimate of drug-likeness (QED) is 0.184. The Kier molecular flexibility index (Phi) is 6.61. The maximum Gasteiger partial charge on any atom is 0.102 e. The second-order valence-electron chi connectivity index (χ2n) is 13.9. The number of benzene rings is 8. The van der Waals surface area contributed by atoms with Crippen molar-refractivity contribution in [2.75, 3.05) is 0 Å². The van der Waals surface area contributed by atoms with Gasteiger partial charge >= 0.3 is 0 Å². The molecule has 0 amide bonds. The zero-order valence-electron chi connectivity index (χ0n) is 29.5. The highest BCUT2D eigenvalue weighted by molar-refractivity contribution is 6.16. The summed E-state index contributed by atoms with van der Waals surface area (Å²) in [6.45, 7) is 0. The molecule has 0 spiro atoms. The van der Waals surface area contributed by atoms with Gasteiger partial charge in [-0.3, -0.25) is 0 Å². The molecule has 0 fully saturated rings. The Morgan fingerprint density at radius 3 is 1.51 bits per heavy atom. The number of nitrogens with zero attached hydrogens (tertiary/aromatic N) is 5. The van der Waals surface area contributed by atoms with Crippen molar-refractivity contribution in [2.45, 2.75) is 0 Å². The summed E-state index contributed by atoms with van der Waals surface area (Å²) in [5, 5.41) is 27.3. The van der Waals surface area contributed by atoms with Crippen LogP contribution in [0.3, 0.4) is 0 Å². The Morgan fingerprint density at radius 2 is 0.873 bits per heavy atom. The molecule has 0 saturated heterocycles. The van der Waals surface area contributed by atoms with Crippen molar-refractivity contribution >= 4 is 65.4 Å². The lowest BCUT2D eigenvalue weighted by Crippen LogP contribution is -1.99. The third kappa shape index (κ3) is 4.39. The first-order valence-corrected chi connectivity index (χ1v) is 18.3. The molecule has 0 aliphatic rings. The van der Waals surface area contributed by atoms with Crippen LogP contribution in [-0.2, 0) is 0 Å². The van der Waals surface area contributed by atoms with E-state index in [4.69, 9.17) is 0 Å². The van der Waals surface area contributed by atoms with Crippen molar-refractivity contribution in [3.63, 3.8) is 0 Å². The molecule has 11 aromatic rings. The van der Waals surface area contributed by atoms with Crippen LogP contribution in [0.25, 0.3) is 93.6 Å². The Balaban J connectivity index is 1.09. The molecule has 0 N–H and O–H groups in total. The summed E-state index contributed by atoms with van der Waals surface area (Å²) in [6, 6.07) is 65.9. The highest BCUT2D eigenvalue weighted by Crippen LogP contribution is 2.41. The molecular formula is C50H29N5. The fourth-order valence-electron chi connectivity index (χ4n) is 8.82. The number of rotatable bonds is 4. The topological polar surface area (TPSA) is 62.4 Å². The van der Waals surface area contributed by atoms with Crippen molar-refractivity contribution in [1.29, 1.82) is 10.5 Å². The fraction of sp³-hybridized carbons (Fsp3) is 0. The fourth-order valence-corrected chi connectivity index (χ4v) is 8.82. The van der Waals surface area contributed by atoms with Gasteiger partial charge in [-0.15, -0.1) is 0 Å². The Bertz CT molecular complexity index is 3400. The SMILES string of the molecule is N#Cc1ccc2c(c1)c1ccccc1n2-c1cccc2c1c1ccccc1n2-c1ccc(-c2cccc(-n3c4ccccc4c4ccccc43)c2C#N)cc1. The first-order valence-electron chi connectivity index (χ1n) is 18.3. The summed E-state index contributed by atoms with van der Waals surface area (Å²) in [6.07, 6.45) is 0. The van der Waals surface area contributed by atoms with Crippen LogP contribution in [0, 0.1) is 22.7 Å². The van der Waals surface area contributed by atoms with Crippen LogP contribution in [0.4, 0.5) is 0 Å². The van der Waals surface area contributed by atoms with Gasteiger partial charge in [-0.25, -0.2) is 0 Å². The van der Waals surface area contributed by atoms with Crippen molar-refractivity contribution in [2.24, 2.45) is 0 Å². The number of para-hydroxylation sites is 4. The molecule has 0 radical (unpaired) electrons. The summed E-state index contributed by atoms with van der Waals surface area (Å²) in [7, 11) is 0. The van der Waals surface area contributed by atoms with Gasteiger partial charge in [0, 0.05) is 43.6 Å². The lowest BCUT2D eigenvalue weighted by Gasteiger charge is -2.14. The lowest BCUT2D eigenvalue weighted by molar-refractivity contribution is 1.16. The normalized spacial score (nSPS) is 11.6. The van der Waals surface area contributed by atoms with E-state index in [1.807, 2.05) is 30.3 Å². The van der Waals surface area contributed by atoms with Gasteiger partial charge in [0.05, 0.1) is 61.7 Å². The van der Waals surface area contributed by atoms with Crippen LogP contribution in [-0.4, -0.2) is 13.7 Å². The maximum absolute atomic E-state index is 10.7. The van der Waals surface area contributed by atoms with Crippen molar-refractivity contribution in [3.05, 3.63) is 187 Å². The average molecular weight is 700 g/mol. The number of hydrogen-bond donors (Lipinski definition) is 0. The van der Waals surface area contributed by atoms with Gasteiger partial charge in [0.25, 0.3) is 0 Å². The number of hydrogen-bond acceptors (Lipinski definition) is 2. The predicted octanol–water partition coefficient (Wildman–Crippen LogP) is 12.4. The minimum Gasteiger partial charge on any atom is -0.309 e. The van der Waals surface area contributed by atoms with Crippen LogP contribution in [0.5, 0.6) is 0 Å². The molecular weight excluding hydrogens is 671 g/mol. The van der Waals surface area contributed by atoms with E-state index in [-0.39, 0.29) is 0 Å². The molecule has 5 heteroatoms. The van der Waals surface area contributed by atoms with Gasteiger partial charge in [-0.2, -0.15) is 10.5 Å². The van der Waals surface area contributed by atoms with Crippen LogP contribution >= 0.6 is 0 Å². The van der Waals surface area contributed by atoms with E-state index < -0.39 is 0 Å². The van der Waals surface area contributed by atoms with Crippen LogP contribution < -0.4 is 0 Å². The molecule has 0 aliphatic heterocycles. The third-order valence-corrected chi connectivity index (χ3v) is 11.1. The highest BCUT2D eigenvalue weighted by atomic mass is 15.0. The Morgan fingerprint density at radius 1 is 0.364 bits per heavy atom. The van der Waals surface area contributed by atoms with E-state index in [1.54, 1.807) is 0 Å². The van der Waals surface area contributed by atoms with Crippen molar-refractivity contribution < 1.29 is 0 Å². The monoisotopic (exact) mass is 699 g/mol. The number of fused-ring (bicyclic) bond motifs is 9. The largest absolute Gasteiger partial charge is 0.309 e. The number of aromatic nitrogens is 3. The smallest absolute Gasteiger partial charge is 0.102 e.